The van der Waals surface area contributed by atoms with E-state index >= 15 is 0 Å². The number of carbonyl (C=O) groups is 1. The highest BCUT2D eigenvalue weighted by Crippen LogP contribution is 2.25. The summed E-state index contributed by atoms with van der Waals surface area (Å²) >= 11 is 0. The van der Waals surface area contributed by atoms with Crippen molar-refractivity contribution in [1.29, 1.82) is 0 Å². The average Bonchev–Trinajstić information content (AvgIpc) is 2.88. The van der Waals surface area contributed by atoms with E-state index in [-0.39, 0.29) is 11.2 Å². The van der Waals surface area contributed by atoms with E-state index in [2.05, 4.69) is 0 Å². The third-order valence-corrected chi connectivity index (χ3v) is 3.93. The second kappa shape index (κ2) is 4.31. The van der Waals surface area contributed by atoms with Gasteiger partial charge in [-0.1, -0.05) is 12.1 Å². The predicted molar refractivity (Wildman–Crippen MR) is 85.7 cm³/mol. The number of fused-ring (bicyclic) bond motifs is 4. The molecule has 0 bridgehead atoms. The Bertz CT molecular complexity index is 1130. The number of carbonyl (C=O) groups excluding carboxylic acids is 1. The minimum absolute atomic E-state index is 0.0717. The fourth-order valence-electron chi connectivity index (χ4n) is 2.92. The van der Waals surface area contributed by atoms with Crippen LogP contribution in [0, 0.1) is 6.92 Å². The van der Waals surface area contributed by atoms with Crippen LogP contribution in [0.25, 0.3) is 27.6 Å². The number of Topliss-reactive ketones (excluding diaryl/α,β-unsaturated/α-hetero) is 1. The van der Waals surface area contributed by atoms with Crippen molar-refractivity contribution in [1.82, 2.24) is 4.40 Å². The maximum Gasteiger partial charge on any atom is 0.215 e. The molecule has 0 aliphatic heterocycles. The molecular formula is C18H13NO3. The van der Waals surface area contributed by atoms with E-state index in [1.165, 1.54) is 6.92 Å². The summed E-state index contributed by atoms with van der Waals surface area (Å²) in [5.41, 5.74) is 3.19. The van der Waals surface area contributed by atoms with Crippen molar-refractivity contribution in [3.05, 3.63) is 63.9 Å². The maximum absolute atomic E-state index is 12.7. The summed E-state index contributed by atoms with van der Waals surface area (Å²) in [6.07, 6.45) is 1.88. The van der Waals surface area contributed by atoms with Gasteiger partial charge >= 0.3 is 0 Å². The Morgan fingerprint density at radius 1 is 1.14 bits per heavy atom. The first-order valence-corrected chi connectivity index (χ1v) is 7.04. The SMILES string of the molecule is CC(=O)c1cc2c(=O)c3ccccc3oc2n2cc(C)cc12. The fourth-order valence-corrected chi connectivity index (χ4v) is 2.92. The molecule has 4 heteroatoms. The van der Waals surface area contributed by atoms with Crippen molar-refractivity contribution < 1.29 is 9.21 Å². The van der Waals surface area contributed by atoms with E-state index in [4.69, 9.17) is 4.42 Å². The number of para-hydroxylation sites is 1. The first kappa shape index (κ1) is 12.8. The second-order valence-corrected chi connectivity index (χ2v) is 5.53. The Labute approximate surface area is 125 Å². The molecule has 0 aliphatic rings. The van der Waals surface area contributed by atoms with E-state index in [0.29, 0.717) is 27.6 Å². The number of pyridine rings is 1. The number of benzene rings is 1. The molecule has 0 radical (unpaired) electrons. The third kappa shape index (κ3) is 1.64. The lowest BCUT2D eigenvalue weighted by molar-refractivity contribution is 0.101. The van der Waals surface area contributed by atoms with Crippen LogP contribution in [0.2, 0.25) is 0 Å². The Balaban J connectivity index is 2.34. The molecular weight excluding hydrogens is 278 g/mol. The Morgan fingerprint density at radius 2 is 1.91 bits per heavy atom. The number of rotatable bonds is 1. The number of aromatic nitrogens is 1. The zero-order valence-corrected chi connectivity index (χ0v) is 12.2. The lowest BCUT2D eigenvalue weighted by Gasteiger charge is -2.07. The van der Waals surface area contributed by atoms with Crippen molar-refractivity contribution in [2.24, 2.45) is 0 Å². The van der Waals surface area contributed by atoms with Crippen LogP contribution in [0.5, 0.6) is 0 Å². The second-order valence-electron chi connectivity index (χ2n) is 5.53. The lowest BCUT2D eigenvalue weighted by Crippen LogP contribution is -2.07. The fraction of sp³-hybridized carbons (Fsp3) is 0.111. The van der Waals surface area contributed by atoms with Gasteiger partial charge in [0.1, 0.15) is 5.58 Å². The summed E-state index contributed by atoms with van der Waals surface area (Å²) in [6, 6.07) is 10.7. The molecule has 0 spiro atoms. The standard InChI is InChI=1S/C18H13NO3/c1-10-7-15-13(11(2)20)8-14-17(21)12-5-3-4-6-16(12)22-18(14)19(15)9-10/h3-9H,1-2H3. The largest absolute Gasteiger partial charge is 0.439 e. The van der Waals surface area contributed by atoms with E-state index in [1.807, 2.05) is 25.3 Å². The van der Waals surface area contributed by atoms with E-state index in [1.54, 1.807) is 28.7 Å². The van der Waals surface area contributed by atoms with Crippen LogP contribution < -0.4 is 5.43 Å². The van der Waals surface area contributed by atoms with Crippen LogP contribution in [0.15, 0.2) is 51.8 Å². The summed E-state index contributed by atoms with van der Waals surface area (Å²) in [5, 5.41) is 0.944. The average molecular weight is 291 g/mol. The topological polar surface area (TPSA) is 51.7 Å². The van der Waals surface area contributed by atoms with Crippen molar-refractivity contribution in [3.63, 3.8) is 0 Å². The lowest BCUT2D eigenvalue weighted by atomic mass is 10.1. The summed E-state index contributed by atoms with van der Waals surface area (Å²) < 4.78 is 7.73. The van der Waals surface area contributed by atoms with Gasteiger partial charge in [-0.2, -0.15) is 0 Å². The highest BCUT2D eigenvalue weighted by atomic mass is 16.3. The Morgan fingerprint density at radius 3 is 2.68 bits per heavy atom. The van der Waals surface area contributed by atoms with Gasteiger partial charge in [0.2, 0.25) is 11.1 Å². The van der Waals surface area contributed by atoms with Gasteiger partial charge in [-0.25, -0.2) is 0 Å². The monoisotopic (exact) mass is 291 g/mol. The smallest absolute Gasteiger partial charge is 0.215 e. The molecule has 4 nitrogen and oxygen atoms in total. The molecule has 0 atom stereocenters. The molecule has 0 N–H and O–H groups in total. The van der Waals surface area contributed by atoms with Crippen LogP contribution in [0.1, 0.15) is 22.8 Å². The van der Waals surface area contributed by atoms with Gasteiger partial charge in [0.25, 0.3) is 0 Å². The van der Waals surface area contributed by atoms with Crippen LogP contribution in [-0.2, 0) is 0 Å². The van der Waals surface area contributed by atoms with Crippen molar-refractivity contribution in [3.8, 4) is 0 Å². The van der Waals surface area contributed by atoms with E-state index in [0.717, 1.165) is 11.1 Å². The van der Waals surface area contributed by atoms with Gasteiger partial charge < -0.3 is 4.42 Å². The van der Waals surface area contributed by atoms with Crippen molar-refractivity contribution in [2.45, 2.75) is 13.8 Å². The number of hydrogen-bond donors (Lipinski definition) is 0. The van der Waals surface area contributed by atoms with E-state index in [9.17, 15) is 9.59 Å². The Kier molecular flexibility index (Phi) is 2.51. The van der Waals surface area contributed by atoms with Crippen LogP contribution >= 0.6 is 0 Å². The highest BCUT2D eigenvalue weighted by molar-refractivity contribution is 6.05. The summed E-state index contributed by atoms with van der Waals surface area (Å²) in [5.74, 6) is -0.0717. The van der Waals surface area contributed by atoms with Gasteiger partial charge in [-0.15, -0.1) is 0 Å². The molecule has 4 aromatic rings. The molecule has 0 aliphatic carbocycles. The first-order valence-electron chi connectivity index (χ1n) is 7.04. The molecule has 3 aromatic heterocycles. The first-order chi connectivity index (χ1) is 10.6. The van der Waals surface area contributed by atoms with Gasteiger partial charge in [0.15, 0.2) is 5.78 Å². The number of aryl methyl sites for hydroxylation is 1. The minimum Gasteiger partial charge on any atom is -0.439 e. The van der Waals surface area contributed by atoms with Crippen LogP contribution in [-0.4, -0.2) is 10.2 Å². The van der Waals surface area contributed by atoms with Crippen molar-refractivity contribution >= 4 is 33.4 Å². The molecule has 0 amide bonds. The van der Waals surface area contributed by atoms with Gasteiger partial charge in [0.05, 0.1) is 16.3 Å². The molecule has 108 valence electrons. The quantitative estimate of drug-likeness (QED) is 0.397. The zero-order valence-electron chi connectivity index (χ0n) is 12.2. The summed E-state index contributed by atoms with van der Waals surface area (Å²) in [4.78, 5) is 24.7. The molecule has 0 saturated carbocycles. The van der Waals surface area contributed by atoms with Gasteiger partial charge in [0, 0.05) is 11.8 Å². The molecule has 3 heterocycles. The zero-order chi connectivity index (χ0) is 15.4. The molecule has 0 unspecified atom stereocenters. The molecule has 22 heavy (non-hydrogen) atoms. The highest BCUT2D eigenvalue weighted by Gasteiger charge is 2.16. The van der Waals surface area contributed by atoms with Crippen LogP contribution in [0.4, 0.5) is 0 Å². The summed E-state index contributed by atoms with van der Waals surface area (Å²) in [6.45, 7) is 3.45. The maximum atomic E-state index is 12.7. The van der Waals surface area contributed by atoms with E-state index < -0.39 is 0 Å². The van der Waals surface area contributed by atoms with Gasteiger partial charge in [-0.05, 0) is 43.7 Å². The minimum atomic E-state index is -0.118. The summed E-state index contributed by atoms with van der Waals surface area (Å²) in [7, 11) is 0. The number of hydrogen-bond acceptors (Lipinski definition) is 3. The normalized spacial score (nSPS) is 11.5. The number of nitrogens with zero attached hydrogens (tertiary/aromatic N) is 1. The molecule has 4 rings (SSSR count). The van der Waals surface area contributed by atoms with Gasteiger partial charge in [-0.3, -0.25) is 14.0 Å². The van der Waals surface area contributed by atoms with Crippen LogP contribution in [0.3, 0.4) is 0 Å². The number of ketones is 1. The van der Waals surface area contributed by atoms with Crippen molar-refractivity contribution in [2.75, 3.05) is 0 Å². The Hall–Kier alpha value is -2.88. The predicted octanol–water partition coefficient (Wildman–Crippen LogP) is 3.71. The third-order valence-electron chi connectivity index (χ3n) is 3.93. The molecule has 0 fully saturated rings. The molecule has 1 aromatic carbocycles. The molecule has 0 saturated heterocycles.